The van der Waals surface area contributed by atoms with Crippen molar-refractivity contribution in [3.63, 3.8) is 0 Å². The van der Waals surface area contributed by atoms with Crippen LogP contribution in [-0.4, -0.2) is 52.0 Å². The SMILES string of the molecule is COc1ccc2c(c1)CCCC2C(=O)N(C)CC(OC)OC. The van der Waals surface area contributed by atoms with E-state index in [1.165, 1.54) is 5.56 Å². The second-order valence-electron chi connectivity index (χ2n) is 5.63. The highest BCUT2D eigenvalue weighted by molar-refractivity contribution is 5.84. The number of amides is 1. The highest BCUT2D eigenvalue weighted by Gasteiger charge is 2.29. The van der Waals surface area contributed by atoms with Gasteiger partial charge >= 0.3 is 0 Å². The molecule has 0 spiro atoms. The minimum Gasteiger partial charge on any atom is -0.497 e. The highest BCUT2D eigenvalue weighted by Crippen LogP contribution is 2.34. The predicted molar refractivity (Wildman–Crippen MR) is 84.1 cm³/mol. The molecular weight excluding hydrogens is 282 g/mol. The summed E-state index contributed by atoms with van der Waals surface area (Å²) in [6, 6.07) is 5.99. The summed E-state index contributed by atoms with van der Waals surface area (Å²) in [6.45, 7) is 0.424. The molecule has 0 saturated heterocycles. The van der Waals surface area contributed by atoms with Gasteiger partial charge in [0, 0.05) is 21.3 Å². The van der Waals surface area contributed by atoms with E-state index in [1.54, 1.807) is 33.3 Å². The maximum absolute atomic E-state index is 12.8. The summed E-state index contributed by atoms with van der Waals surface area (Å²) in [5.74, 6) is 0.873. The lowest BCUT2D eigenvalue weighted by atomic mass is 9.82. The van der Waals surface area contributed by atoms with Gasteiger partial charge in [0.2, 0.25) is 5.91 Å². The van der Waals surface area contributed by atoms with E-state index >= 15 is 0 Å². The number of aryl methyl sites for hydroxylation is 1. The summed E-state index contributed by atoms with van der Waals surface area (Å²) in [5, 5.41) is 0. The van der Waals surface area contributed by atoms with Crippen LogP contribution in [0.3, 0.4) is 0 Å². The van der Waals surface area contributed by atoms with Gasteiger partial charge in [0.15, 0.2) is 6.29 Å². The summed E-state index contributed by atoms with van der Waals surface area (Å²) < 4.78 is 15.6. The van der Waals surface area contributed by atoms with Crippen LogP contribution in [0.1, 0.15) is 29.9 Å². The van der Waals surface area contributed by atoms with E-state index in [2.05, 4.69) is 0 Å². The number of methoxy groups -OCH3 is 3. The molecule has 1 amide bonds. The van der Waals surface area contributed by atoms with Crippen LogP contribution >= 0.6 is 0 Å². The van der Waals surface area contributed by atoms with Gasteiger partial charge in [0.25, 0.3) is 0 Å². The number of rotatable bonds is 6. The number of nitrogens with zero attached hydrogens (tertiary/aromatic N) is 1. The van der Waals surface area contributed by atoms with Crippen molar-refractivity contribution in [1.29, 1.82) is 0 Å². The summed E-state index contributed by atoms with van der Waals surface area (Å²) in [4.78, 5) is 14.5. The quantitative estimate of drug-likeness (QED) is 0.756. The molecule has 0 aromatic heterocycles. The molecule has 22 heavy (non-hydrogen) atoms. The van der Waals surface area contributed by atoms with Gasteiger partial charge in [0.05, 0.1) is 19.6 Å². The Kier molecular flexibility index (Phi) is 5.80. The Morgan fingerprint density at radius 2 is 2.05 bits per heavy atom. The molecule has 0 aliphatic heterocycles. The Morgan fingerprint density at radius 1 is 1.32 bits per heavy atom. The molecule has 5 nitrogen and oxygen atoms in total. The van der Waals surface area contributed by atoms with Gasteiger partial charge < -0.3 is 19.1 Å². The van der Waals surface area contributed by atoms with E-state index in [1.807, 2.05) is 18.2 Å². The molecule has 1 aromatic rings. The largest absolute Gasteiger partial charge is 0.497 e. The number of hydrogen-bond donors (Lipinski definition) is 0. The van der Waals surface area contributed by atoms with Gasteiger partial charge in [-0.05, 0) is 42.5 Å². The van der Waals surface area contributed by atoms with Crippen molar-refractivity contribution < 1.29 is 19.0 Å². The van der Waals surface area contributed by atoms with Gasteiger partial charge in [0.1, 0.15) is 5.75 Å². The lowest BCUT2D eigenvalue weighted by molar-refractivity contribution is -0.144. The monoisotopic (exact) mass is 307 g/mol. The molecule has 1 unspecified atom stereocenters. The first-order chi connectivity index (χ1) is 10.6. The molecule has 0 heterocycles. The van der Waals surface area contributed by atoms with Crippen LogP contribution in [0.15, 0.2) is 18.2 Å². The lowest BCUT2D eigenvalue weighted by Crippen LogP contribution is -2.39. The molecular formula is C17H25NO4. The number of ether oxygens (including phenoxy) is 3. The van der Waals surface area contributed by atoms with Crippen molar-refractivity contribution in [1.82, 2.24) is 4.90 Å². The fourth-order valence-electron chi connectivity index (χ4n) is 3.00. The number of fused-ring (bicyclic) bond motifs is 1. The van der Waals surface area contributed by atoms with E-state index < -0.39 is 6.29 Å². The van der Waals surface area contributed by atoms with Crippen LogP contribution in [0.25, 0.3) is 0 Å². The third-order valence-corrected chi connectivity index (χ3v) is 4.29. The first kappa shape index (κ1) is 16.8. The average molecular weight is 307 g/mol. The minimum absolute atomic E-state index is 0.0889. The zero-order valence-electron chi connectivity index (χ0n) is 13.8. The molecule has 1 atom stereocenters. The first-order valence-electron chi connectivity index (χ1n) is 7.58. The van der Waals surface area contributed by atoms with Gasteiger partial charge in [-0.15, -0.1) is 0 Å². The van der Waals surface area contributed by atoms with E-state index in [0.29, 0.717) is 6.54 Å². The third kappa shape index (κ3) is 3.59. The van der Waals surface area contributed by atoms with E-state index in [9.17, 15) is 4.79 Å². The number of likely N-dealkylation sites (N-methyl/N-ethyl adjacent to an activating group) is 1. The van der Waals surface area contributed by atoms with E-state index in [-0.39, 0.29) is 11.8 Å². The molecule has 1 aliphatic rings. The van der Waals surface area contributed by atoms with Crippen molar-refractivity contribution in [3.05, 3.63) is 29.3 Å². The number of carbonyl (C=O) groups is 1. The van der Waals surface area contributed by atoms with Crippen molar-refractivity contribution in [2.75, 3.05) is 34.9 Å². The normalized spacial score (nSPS) is 17.2. The second kappa shape index (κ2) is 7.61. The van der Waals surface area contributed by atoms with Gasteiger partial charge in [-0.1, -0.05) is 6.07 Å². The van der Waals surface area contributed by atoms with Gasteiger partial charge in [-0.2, -0.15) is 0 Å². The number of benzene rings is 1. The van der Waals surface area contributed by atoms with Crippen LogP contribution in [0.4, 0.5) is 0 Å². The van der Waals surface area contributed by atoms with Gasteiger partial charge in [-0.25, -0.2) is 0 Å². The summed E-state index contributed by atoms with van der Waals surface area (Å²) in [6.07, 6.45) is 2.50. The van der Waals surface area contributed by atoms with Crippen LogP contribution in [0.2, 0.25) is 0 Å². The maximum Gasteiger partial charge on any atom is 0.230 e. The first-order valence-corrected chi connectivity index (χ1v) is 7.58. The van der Waals surface area contributed by atoms with E-state index in [4.69, 9.17) is 14.2 Å². The lowest BCUT2D eigenvalue weighted by Gasteiger charge is -2.30. The molecule has 2 rings (SSSR count). The standard InChI is InChI=1S/C17H25NO4/c1-18(11-16(21-3)22-4)17(19)15-7-5-6-12-10-13(20-2)8-9-14(12)15/h8-10,15-16H,5-7,11H2,1-4H3. The number of hydrogen-bond acceptors (Lipinski definition) is 4. The Balaban J connectivity index is 2.15. The van der Waals surface area contributed by atoms with Gasteiger partial charge in [-0.3, -0.25) is 4.79 Å². The molecule has 0 N–H and O–H groups in total. The molecule has 122 valence electrons. The van der Waals surface area contributed by atoms with E-state index in [0.717, 1.165) is 30.6 Å². The molecule has 1 aromatic carbocycles. The van der Waals surface area contributed by atoms with Crippen LogP contribution in [-0.2, 0) is 20.7 Å². The van der Waals surface area contributed by atoms with Crippen molar-refractivity contribution in [2.45, 2.75) is 31.5 Å². The molecule has 0 radical (unpaired) electrons. The fourth-order valence-corrected chi connectivity index (χ4v) is 3.00. The number of carbonyl (C=O) groups excluding carboxylic acids is 1. The Bertz CT molecular complexity index is 513. The highest BCUT2D eigenvalue weighted by atomic mass is 16.7. The summed E-state index contributed by atoms with van der Waals surface area (Å²) >= 11 is 0. The van der Waals surface area contributed by atoms with Crippen LogP contribution in [0.5, 0.6) is 5.75 Å². The van der Waals surface area contributed by atoms with Crippen molar-refractivity contribution in [3.8, 4) is 5.75 Å². The molecule has 0 bridgehead atoms. The predicted octanol–water partition coefficient (Wildman–Crippen LogP) is 2.19. The zero-order valence-corrected chi connectivity index (χ0v) is 13.8. The van der Waals surface area contributed by atoms with Crippen molar-refractivity contribution in [2.24, 2.45) is 0 Å². The zero-order chi connectivity index (χ0) is 16.1. The smallest absolute Gasteiger partial charge is 0.230 e. The van der Waals surface area contributed by atoms with Crippen molar-refractivity contribution >= 4 is 5.91 Å². The Labute approximate surface area is 132 Å². The molecule has 1 aliphatic carbocycles. The molecule has 5 heteroatoms. The molecule has 0 fully saturated rings. The summed E-state index contributed by atoms with van der Waals surface area (Å²) in [7, 11) is 6.62. The third-order valence-electron chi connectivity index (χ3n) is 4.29. The topological polar surface area (TPSA) is 48.0 Å². The van der Waals surface area contributed by atoms with Crippen LogP contribution < -0.4 is 4.74 Å². The Hall–Kier alpha value is -1.59. The molecule has 0 saturated carbocycles. The maximum atomic E-state index is 12.8. The minimum atomic E-state index is -0.395. The average Bonchev–Trinajstić information content (AvgIpc) is 2.57. The fraction of sp³-hybridized carbons (Fsp3) is 0.588. The van der Waals surface area contributed by atoms with Crippen LogP contribution in [0, 0.1) is 0 Å². The Morgan fingerprint density at radius 3 is 2.68 bits per heavy atom. The second-order valence-corrected chi connectivity index (χ2v) is 5.63. The summed E-state index contributed by atoms with van der Waals surface area (Å²) in [5.41, 5.74) is 2.34.